The molecular formula is C23H31N3O. The lowest BCUT2D eigenvalue weighted by Gasteiger charge is -2.17. The van der Waals surface area contributed by atoms with Crippen molar-refractivity contribution in [2.75, 3.05) is 6.61 Å². The van der Waals surface area contributed by atoms with Crippen LogP contribution in [0.3, 0.4) is 0 Å². The van der Waals surface area contributed by atoms with Crippen LogP contribution in [0.4, 0.5) is 0 Å². The highest BCUT2D eigenvalue weighted by atomic mass is 16.3. The van der Waals surface area contributed by atoms with Gasteiger partial charge in [0.1, 0.15) is 0 Å². The van der Waals surface area contributed by atoms with Gasteiger partial charge in [0.05, 0.1) is 29.4 Å². The van der Waals surface area contributed by atoms with Crippen LogP contribution in [0, 0.1) is 13.8 Å². The van der Waals surface area contributed by atoms with Crippen LogP contribution >= 0.6 is 0 Å². The van der Waals surface area contributed by atoms with E-state index >= 15 is 0 Å². The van der Waals surface area contributed by atoms with E-state index in [9.17, 15) is 5.11 Å². The minimum absolute atomic E-state index is 0.0893. The van der Waals surface area contributed by atoms with E-state index in [4.69, 9.17) is 9.97 Å². The summed E-state index contributed by atoms with van der Waals surface area (Å²) in [5, 5.41) is 9.74. The lowest BCUT2D eigenvalue weighted by molar-refractivity contribution is 0.227. The SMILES string of the molecule is CCc1nc(C(C)C)ccc1-c1nc2c(C)cn([C@@H](CC)CO)c2cc1C. The third kappa shape index (κ3) is 3.51. The van der Waals surface area contributed by atoms with Gasteiger partial charge in [0, 0.05) is 23.1 Å². The van der Waals surface area contributed by atoms with Gasteiger partial charge in [-0.1, -0.05) is 27.7 Å². The van der Waals surface area contributed by atoms with Crippen molar-refractivity contribution in [2.24, 2.45) is 0 Å². The Morgan fingerprint density at radius 3 is 2.41 bits per heavy atom. The van der Waals surface area contributed by atoms with Gasteiger partial charge in [-0.05, 0) is 61.9 Å². The summed E-state index contributed by atoms with van der Waals surface area (Å²) in [7, 11) is 0. The van der Waals surface area contributed by atoms with Crippen molar-refractivity contribution >= 4 is 11.0 Å². The van der Waals surface area contributed by atoms with Crippen LogP contribution in [-0.2, 0) is 6.42 Å². The van der Waals surface area contributed by atoms with Gasteiger partial charge in [-0.25, -0.2) is 4.98 Å². The molecule has 1 atom stereocenters. The second-order valence-corrected chi connectivity index (χ2v) is 7.72. The molecule has 27 heavy (non-hydrogen) atoms. The molecule has 0 fully saturated rings. The summed E-state index contributed by atoms with van der Waals surface area (Å²) in [6.45, 7) is 13.0. The Morgan fingerprint density at radius 1 is 1.07 bits per heavy atom. The van der Waals surface area contributed by atoms with Crippen molar-refractivity contribution < 1.29 is 5.11 Å². The molecule has 0 amide bonds. The molecule has 0 saturated carbocycles. The highest BCUT2D eigenvalue weighted by Gasteiger charge is 2.18. The summed E-state index contributed by atoms with van der Waals surface area (Å²) in [5.41, 5.74) is 8.77. The fourth-order valence-corrected chi connectivity index (χ4v) is 3.74. The molecule has 3 rings (SSSR count). The zero-order valence-corrected chi connectivity index (χ0v) is 17.4. The second kappa shape index (κ2) is 7.81. The Balaban J connectivity index is 2.20. The third-order valence-electron chi connectivity index (χ3n) is 5.43. The predicted octanol–water partition coefficient (Wildman–Crippen LogP) is 5.34. The number of aliphatic hydroxyl groups is 1. The molecule has 4 nitrogen and oxygen atoms in total. The number of rotatable bonds is 6. The summed E-state index contributed by atoms with van der Waals surface area (Å²) in [6, 6.07) is 6.60. The van der Waals surface area contributed by atoms with Crippen molar-refractivity contribution in [1.82, 2.24) is 14.5 Å². The van der Waals surface area contributed by atoms with Crippen LogP contribution in [0.1, 0.15) is 68.6 Å². The lowest BCUT2D eigenvalue weighted by Crippen LogP contribution is -2.11. The van der Waals surface area contributed by atoms with Crippen LogP contribution in [0.15, 0.2) is 24.4 Å². The molecule has 0 aliphatic rings. The van der Waals surface area contributed by atoms with Crippen molar-refractivity contribution in [2.45, 2.75) is 66.3 Å². The third-order valence-corrected chi connectivity index (χ3v) is 5.43. The summed E-state index contributed by atoms with van der Waals surface area (Å²) in [6.07, 6.45) is 3.89. The summed E-state index contributed by atoms with van der Waals surface area (Å²) >= 11 is 0. The van der Waals surface area contributed by atoms with E-state index in [-0.39, 0.29) is 12.6 Å². The first-order valence-electron chi connectivity index (χ1n) is 10.0. The zero-order chi connectivity index (χ0) is 19.7. The summed E-state index contributed by atoms with van der Waals surface area (Å²) < 4.78 is 2.18. The van der Waals surface area contributed by atoms with Gasteiger partial charge >= 0.3 is 0 Å². The smallest absolute Gasteiger partial charge is 0.0917 e. The average molecular weight is 366 g/mol. The number of fused-ring (bicyclic) bond motifs is 1. The van der Waals surface area contributed by atoms with Gasteiger partial charge < -0.3 is 9.67 Å². The Morgan fingerprint density at radius 2 is 1.81 bits per heavy atom. The van der Waals surface area contributed by atoms with E-state index in [2.05, 4.69) is 70.5 Å². The van der Waals surface area contributed by atoms with E-state index in [1.807, 2.05) is 0 Å². The Kier molecular flexibility index (Phi) is 5.66. The summed E-state index contributed by atoms with van der Waals surface area (Å²) in [5.74, 6) is 0.418. The van der Waals surface area contributed by atoms with Crippen molar-refractivity contribution in [3.63, 3.8) is 0 Å². The molecule has 3 heterocycles. The van der Waals surface area contributed by atoms with E-state index in [0.29, 0.717) is 5.92 Å². The second-order valence-electron chi connectivity index (χ2n) is 7.72. The molecule has 144 valence electrons. The highest BCUT2D eigenvalue weighted by molar-refractivity contribution is 5.84. The Labute approximate surface area is 162 Å². The molecule has 0 spiro atoms. The molecule has 0 aliphatic heterocycles. The number of pyridine rings is 2. The van der Waals surface area contributed by atoms with Gasteiger partial charge in [0.2, 0.25) is 0 Å². The molecule has 3 aromatic rings. The van der Waals surface area contributed by atoms with Crippen molar-refractivity contribution in [1.29, 1.82) is 0 Å². The minimum atomic E-state index is 0.0893. The normalized spacial score (nSPS) is 12.9. The standard InChI is InChI=1S/C23H31N3O/c1-7-17(13-27)26-12-16(6)23-21(26)11-15(5)22(25-23)18-9-10-20(14(3)4)24-19(18)8-2/h9-12,14,17,27H,7-8,13H2,1-6H3/t17-/m0/s1. The molecule has 3 aromatic heterocycles. The number of hydrogen-bond donors (Lipinski definition) is 1. The van der Waals surface area contributed by atoms with Gasteiger partial charge in [-0.3, -0.25) is 4.98 Å². The zero-order valence-electron chi connectivity index (χ0n) is 17.4. The molecule has 0 aromatic carbocycles. The van der Waals surface area contributed by atoms with Gasteiger partial charge in [-0.15, -0.1) is 0 Å². The maximum absolute atomic E-state index is 9.74. The molecule has 0 aliphatic carbocycles. The quantitative estimate of drug-likeness (QED) is 0.641. The maximum Gasteiger partial charge on any atom is 0.0917 e. The molecule has 0 unspecified atom stereocenters. The number of aromatic nitrogens is 3. The number of nitrogens with zero attached hydrogens (tertiary/aromatic N) is 3. The first-order chi connectivity index (χ1) is 12.9. The van der Waals surface area contributed by atoms with E-state index in [0.717, 1.165) is 57.6 Å². The number of hydrogen-bond acceptors (Lipinski definition) is 3. The molecule has 1 N–H and O–H groups in total. The number of aliphatic hydroxyl groups excluding tert-OH is 1. The van der Waals surface area contributed by atoms with Gasteiger partial charge in [0.25, 0.3) is 0 Å². The van der Waals surface area contributed by atoms with E-state index in [1.54, 1.807) is 0 Å². The maximum atomic E-state index is 9.74. The first-order valence-corrected chi connectivity index (χ1v) is 10.0. The van der Waals surface area contributed by atoms with Crippen LogP contribution in [-0.4, -0.2) is 26.2 Å². The average Bonchev–Trinajstić information content (AvgIpc) is 2.97. The van der Waals surface area contributed by atoms with Crippen LogP contribution < -0.4 is 0 Å². The number of aryl methyl sites for hydroxylation is 3. The van der Waals surface area contributed by atoms with Crippen molar-refractivity contribution in [3.05, 3.63) is 46.9 Å². The lowest BCUT2D eigenvalue weighted by atomic mass is 10.0. The van der Waals surface area contributed by atoms with Gasteiger partial charge in [0.15, 0.2) is 0 Å². The predicted molar refractivity (Wildman–Crippen MR) is 112 cm³/mol. The molecule has 4 heteroatoms. The van der Waals surface area contributed by atoms with Crippen LogP contribution in [0.25, 0.3) is 22.3 Å². The fourth-order valence-electron chi connectivity index (χ4n) is 3.74. The topological polar surface area (TPSA) is 50.9 Å². The van der Waals surface area contributed by atoms with Crippen molar-refractivity contribution in [3.8, 4) is 11.3 Å². The van der Waals surface area contributed by atoms with E-state index in [1.165, 1.54) is 0 Å². The first kappa shape index (κ1) is 19.6. The Hall–Kier alpha value is -2.20. The van der Waals surface area contributed by atoms with Gasteiger partial charge in [-0.2, -0.15) is 0 Å². The molecule has 0 radical (unpaired) electrons. The van der Waals surface area contributed by atoms with E-state index < -0.39 is 0 Å². The molecule has 0 bridgehead atoms. The molecule has 0 saturated heterocycles. The largest absolute Gasteiger partial charge is 0.394 e. The molecular weight excluding hydrogens is 334 g/mol. The highest BCUT2D eigenvalue weighted by Crippen LogP contribution is 2.32. The fraction of sp³-hybridized carbons (Fsp3) is 0.478. The van der Waals surface area contributed by atoms with Crippen LogP contribution in [0.2, 0.25) is 0 Å². The monoisotopic (exact) mass is 365 g/mol. The minimum Gasteiger partial charge on any atom is -0.394 e. The van der Waals surface area contributed by atoms with Crippen LogP contribution in [0.5, 0.6) is 0 Å². The Bertz CT molecular complexity index is 952. The summed E-state index contributed by atoms with van der Waals surface area (Å²) in [4.78, 5) is 9.95.